The van der Waals surface area contributed by atoms with Crippen LogP contribution in [0, 0.1) is 0 Å². The van der Waals surface area contributed by atoms with E-state index in [9.17, 15) is 22.8 Å². The molecule has 0 radical (unpaired) electrons. The number of nitrogens with two attached hydrogens (primary N) is 1. The van der Waals surface area contributed by atoms with Gasteiger partial charge in [-0.2, -0.15) is 13.2 Å². The van der Waals surface area contributed by atoms with Crippen molar-refractivity contribution >= 4 is 28.5 Å². The molecule has 1 aliphatic heterocycles. The zero-order valence-electron chi connectivity index (χ0n) is 23.6. The summed E-state index contributed by atoms with van der Waals surface area (Å²) >= 11 is 0. The molecule has 40 heavy (non-hydrogen) atoms. The fourth-order valence-corrected chi connectivity index (χ4v) is 5.88. The number of carbonyl (C=O) groups excluding carboxylic acids is 2. The fraction of sp³-hybridized carbons (Fsp3) is 0.643. The van der Waals surface area contributed by atoms with Gasteiger partial charge >= 0.3 is 6.18 Å². The van der Waals surface area contributed by atoms with E-state index in [4.69, 9.17) is 5.73 Å². The standard InChI is InChI=1S/C28H40F3N7O2/c1-16(2)37(4)19-8-10-24(23(15-19)33-17(3)39)38-13-11-22(27(38)40)35-26-20-14-18(28(29,30)31)7-9-21(20)34-25(36-26)6-5-12-32/h7,9,14,16,19,22-24H,5-6,8,10-13,15,32H2,1-4H3,(H,33,39)(H,34,35,36)/t19?,22-,23+,24-/m0/s1. The lowest BCUT2D eigenvalue weighted by molar-refractivity contribution is -0.137. The molecule has 2 fully saturated rings. The van der Waals surface area contributed by atoms with Crippen molar-refractivity contribution < 1.29 is 22.8 Å². The molecule has 2 aromatic rings. The second kappa shape index (κ2) is 12.3. The highest BCUT2D eigenvalue weighted by atomic mass is 19.4. The molecule has 1 aromatic carbocycles. The summed E-state index contributed by atoms with van der Waals surface area (Å²) in [6, 6.07) is 3.04. The molecule has 9 nitrogen and oxygen atoms in total. The number of carbonyl (C=O) groups is 2. The Kier molecular flexibility index (Phi) is 9.19. The van der Waals surface area contributed by atoms with Crippen molar-refractivity contribution in [3.05, 3.63) is 29.6 Å². The van der Waals surface area contributed by atoms with Gasteiger partial charge in [0.05, 0.1) is 23.2 Å². The molecule has 2 heterocycles. The Balaban J connectivity index is 1.58. The lowest BCUT2D eigenvalue weighted by atomic mass is 9.84. The summed E-state index contributed by atoms with van der Waals surface area (Å²) in [6.45, 7) is 6.67. The third kappa shape index (κ3) is 6.65. The second-order valence-corrected chi connectivity index (χ2v) is 11.2. The van der Waals surface area contributed by atoms with Gasteiger partial charge in [0.1, 0.15) is 17.7 Å². The SMILES string of the molecule is CC(=O)N[C@@H]1CC(N(C)C(C)C)CC[C@@H]1N1CC[C@H](Nc2nc(CCCN)nc3ccc(C(F)(F)F)cc23)C1=O. The van der Waals surface area contributed by atoms with Crippen LogP contribution >= 0.6 is 0 Å². The summed E-state index contributed by atoms with van der Waals surface area (Å²) in [5.74, 6) is 0.394. The zero-order valence-corrected chi connectivity index (χ0v) is 23.6. The maximum absolute atomic E-state index is 13.7. The molecular weight excluding hydrogens is 523 g/mol. The van der Waals surface area contributed by atoms with E-state index in [1.165, 1.54) is 13.0 Å². The van der Waals surface area contributed by atoms with E-state index in [1.54, 1.807) is 0 Å². The van der Waals surface area contributed by atoms with Crippen LogP contribution in [0.15, 0.2) is 18.2 Å². The summed E-state index contributed by atoms with van der Waals surface area (Å²) < 4.78 is 40.5. The third-order valence-corrected chi connectivity index (χ3v) is 8.19. The summed E-state index contributed by atoms with van der Waals surface area (Å²) in [5.41, 5.74) is 5.21. The van der Waals surface area contributed by atoms with Crippen LogP contribution in [-0.2, 0) is 22.2 Å². The van der Waals surface area contributed by atoms with E-state index in [2.05, 4.69) is 46.4 Å². The lowest BCUT2D eigenvalue weighted by Crippen LogP contribution is -2.58. The fourth-order valence-electron chi connectivity index (χ4n) is 5.88. The number of nitrogens with one attached hydrogen (secondary N) is 2. The highest BCUT2D eigenvalue weighted by molar-refractivity contribution is 5.93. The summed E-state index contributed by atoms with van der Waals surface area (Å²) in [4.78, 5) is 38.8. The number of halogens is 3. The Morgan fingerprint density at radius 3 is 2.62 bits per heavy atom. The third-order valence-electron chi connectivity index (χ3n) is 8.19. The first kappa shape index (κ1) is 30.0. The average Bonchev–Trinajstić information content (AvgIpc) is 3.25. The van der Waals surface area contributed by atoms with Crippen LogP contribution in [0.25, 0.3) is 10.9 Å². The number of anilines is 1. The molecule has 1 unspecified atom stereocenters. The Bertz CT molecular complexity index is 1220. The lowest BCUT2D eigenvalue weighted by Gasteiger charge is -2.44. The molecule has 2 amide bonds. The van der Waals surface area contributed by atoms with E-state index in [0.717, 1.165) is 31.4 Å². The summed E-state index contributed by atoms with van der Waals surface area (Å²) in [5, 5.41) is 6.44. The number of benzene rings is 1. The minimum absolute atomic E-state index is 0.137. The molecule has 1 saturated heterocycles. The van der Waals surface area contributed by atoms with E-state index in [-0.39, 0.29) is 35.1 Å². The van der Waals surface area contributed by atoms with Crippen LogP contribution in [0.1, 0.15) is 64.3 Å². The summed E-state index contributed by atoms with van der Waals surface area (Å²) in [6.07, 6.45) is -0.564. The average molecular weight is 564 g/mol. The predicted molar refractivity (Wildman–Crippen MR) is 148 cm³/mol. The van der Waals surface area contributed by atoms with E-state index >= 15 is 0 Å². The highest BCUT2D eigenvalue weighted by Crippen LogP contribution is 2.34. The Labute approximate surface area is 233 Å². The van der Waals surface area contributed by atoms with E-state index < -0.39 is 17.8 Å². The molecule has 1 saturated carbocycles. The number of nitrogens with zero attached hydrogens (tertiary/aromatic N) is 4. The number of rotatable bonds is 9. The number of aromatic nitrogens is 2. The number of alkyl halides is 3. The van der Waals surface area contributed by atoms with Crippen molar-refractivity contribution in [2.24, 2.45) is 5.73 Å². The predicted octanol–water partition coefficient (Wildman–Crippen LogP) is 3.32. The zero-order chi connectivity index (χ0) is 29.2. The molecule has 1 aromatic heterocycles. The number of hydrogen-bond acceptors (Lipinski definition) is 7. The monoisotopic (exact) mass is 563 g/mol. The van der Waals surface area contributed by atoms with Crippen LogP contribution < -0.4 is 16.4 Å². The van der Waals surface area contributed by atoms with Crippen molar-refractivity contribution in [1.82, 2.24) is 25.1 Å². The van der Waals surface area contributed by atoms with Gasteiger partial charge in [0.15, 0.2) is 0 Å². The van der Waals surface area contributed by atoms with Gasteiger partial charge in [-0.25, -0.2) is 9.97 Å². The van der Waals surface area contributed by atoms with Gasteiger partial charge in [-0.1, -0.05) is 0 Å². The molecule has 4 atom stereocenters. The van der Waals surface area contributed by atoms with Gasteiger partial charge in [-0.15, -0.1) is 0 Å². The summed E-state index contributed by atoms with van der Waals surface area (Å²) in [7, 11) is 2.08. The molecule has 12 heteroatoms. The maximum atomic E-state index is 13.7. The molecule has 4 rings (SSSR count). The molecule has 0 bridgehead atoms. The Morgan fingerprint density at radius 2 is 1.98 bits per heavy atom. The molecular formula is C28H40F3N7O2. The number of likely N-dealkylation sites (tertiary alicyclic amines) is 1. The van der Waals surface area contributed by atoms with Gasteiger partial charge in [0, 0.05) is 37.4 Å². The first-order valence-electron chi connectivity index (χ1n) is 14.0. The highest BCUT2D eigenvalue weighted by Gasteiger charge is 2.43. The van der Waals surface area contributed by atoms with Crippen molar-refractivity contribution in [3.8, 4) is 0 Å². The van der Waals surface area contributed by atoms with Gasteiger partial charge in [-0.3, -0.25) is 9.59 Å². The molecule has 4 N–H and O–H groups in total. The van der Waals surface area contributed by atoms with Crippen LogP contribution in [0.5, 0.6) is 0 Å². The van der Waals surface area contributed by atoms with Crippen molar-refractivity contribution in [2.45, 2.75) is 95.7 Å². The van der Waals surface area contributed by atoms with Gasteiger partial charge in [0.25, 0.3) is 0 Å². The topological polar surface area (TPSA) is 116 Å². The van der Waals surface area contributed by atoms with Gasteiger partial charge < -0.3 is 26.2 Å². The van der Waals surface area contributed by atoms with Crippen LogP contribution in [0.4, 0.5) is 19.0 Å². The Morgan fingerprint density at radius 1 is 1.23 bits per heavy atom. The van der Waals surface area contributed by atoms with E-state index in [1.807, 2.05) is 4.90 Å². The number of aryl methyl sites for hydroxylation is 1. The first-order chi connectivity index (χ1) is 18.9. The first-order valence-corrected chi connectivity index (χ1v) is 14.0. The van der Waals surface area contributed by atoms with Crippen molar-refractivity contribution in [2.75, 3.05) is 25.5 Å². The Hall–Kier alpha value is -2.99. The number of hydrogen-bond donors (Lipinski definition) is 3. The van der Waals surface area contributed by atoms with Gasteiger partial charge in [0.2, 0.25) is 11.8 Å². The molecule has 220 valence electrons. The van der Waals surface area contributed by atoms with Crippen molar-refractivity contribution in [1.29, 1.82) is 0 Å². The van der Waals surface area contributed by atoms with Crippen LogP contribution in [0.3, 0.4) is 0 Å². The number of amides is 2. The van der Waals surface area contributed by atoms with Gasteiger partial charge in [-0.05, 0) is 77.7 Å². The molecule has 1 aliphatic carbocycles. The minimum atomic E-state index is -4.52. The van der Waals surface area contributed by atoms with Crippen LogP contribution in [0.2, 0.25) is 0 Å². The molecule has 0 spiro atoms. The van der Waals surface area contributed by atoms with Crippen molar-refractivity contribution in [3.63, 3.8) is 0 Å². The minimum Gasteiger partial charge on any atom is -0.358 e. The maximum Gasteiger partial charge on any atom is 0.416 e. The molecule has 2 aliphatic rings. The quantitative estimate of drug-likeness (QED) is 0.429. The second-order valence-electron chi connectivity index (χ2n) is 11.2. The smallest absolute Gasteiger partial charge is 0.358 e. The normalized spacial score (nSPS) is 23.9. The largest absolute Gasteiger partial charge is 0.416 e. The number of fused-ring (bicyclic) bond motifs is 1. The van der Waals surface area contributed by atoms with Crippen LogP contribution in [-0.4, -0.2) is 81.9 Å². The van der Waals surface area contributed by atoms with E-state index in [0.29, 0.717) is 55.8 Å².